The highest BCUT2D eigenvalue weighted by molar-refractivity contribution is 6.23. The highest BCUT2D eigenvalue weighted by Gasteiger charge is 2.44. The summed E-state index contributed by atoms with van der Waals surface area (Å²) in [6.07, 6.45) is 1.21. The Kier molecular flexibility index (Phi) is 3.87. The number of piperidine rings is 1. The number of rotatable bonds is 3. The minimum absolute atomic E-state index is 0.101. The van der Waals surface area contributed by atoms with Crippen LogP contribution in [0.5, 0.6) is 0 Å². The van der Waals surface area contributed by atoms with Gasteiger partial charge in [-0.3, -0.25) is 29.4 Å². The van der Waals surface area contributed by atoms with Crippen molar-refractivity contribution in [2.45, 2.75) is 25.3 Å². The second-order valence-corrected chi connectivity index (χ2v) is 7.38. The van der Waals surface area contributed by atoms with Gasteiger partial charge >= 0.3 is 0 Å². The summed E-state index contributed by atoms with van der Waals surface area (Å²) in [6, 6.07) is 10.0. The minimum atomic E-state index is -0.958. The van der Waals surface area contributed by atoms with Crippen LogP contribution in [0.15, 0.2) is 36.4 Å². The summed E-state index contributed by atoms with van der Waals surface area (Å²) in [5.74, 6) is -2.02. The molecule has 0 spiro atoms. The molecule has 2 aromatic carbocycles. The fraction of sp³-hybridized carbons (Fsp3) is 0.238. The number of nitrogens with zero attached hydrogens (tertiary/aromatic N) is 1. The lowest BCUT2D eigenvalue weighted by atomic mass is 10.0. The smallest absolute Gasteiger partial charge is 0.262 e. The van der Waals surface area contributed by atoms with Gasteiger partial charge in [-0.2, -0.15) is 0 Å². The van der Waals surface area contributed by atoms with Crippen LogP contribution >= 0.6 is 0 Å². The summed E-state index contributed by atoms with van der Waals surface area (Å²) in [7, 11) is 0. The van der Waals surface area contributed by atoms with E-state index in [-0.39, 0.29) is 29.9 Å². The van der Waals surface area contributed by atoms with Crippen molar-refractivity contribution in [2.24, 2.45) is 0 Å². The number of fused-ring (bicyclic) bond motifs is 2. The molecule has 1 atom stereocenters. The Morgan fingerprint density at radius 2 is 1.66 bits per heavy atom. The Morgan fingerprint density at radius 1 is 0.897 bits per heavy atom. The molecule has 146 valence electrons. The van der Waals surface area contributed by atoms with Crippen LogP contribution < -0.4 is 16.0 Å². The van der Waals surface area contributed by atoms with E-state index in [9.17, 15) is 19.2 Å². The Labute approximate surface area is 166 Å². The number of hydrogen-bond acceptors (Lipinski definition) is 6. The molecule has 1 fully saturated rings. The number of imide groups is 2. The van der Waals surface area contributed by atoms with Crippen molar-refractivity contribution in [2.75, 3.05) is 17.2 Å². The second kappa shape index (κ2) is 6.44. The van der Waals surface area contributed by atoms with Gasteiger partial charge in [0.25, 0.3) is 11.8 Å². The maximum atomic E-state index is 12.9. The summed E-state index contributed by atoms with van der Waals surface area (Å²) in [4.78, 5) is 50.1. The Morgan fingerprint density at radius 3 is 2.48 bits per heavy atom. The SMILES string of the molecule is O=C1CCC(N2C(=O)c3ccc(Nc4ccc5c(c4)CCN5)cc3C2=O)C(=O)N1. The van der Waals surface area contributed by atoms with Crippen LogP contribution in [0.1, 0.15) is 39.1 Å². The van der Waals surface area contributed by atoms with Crippen molar-refractivity contribution < 1.29 is 19.2 Å². The predicted octanol–water partition coefficient (Wildman–Crippen LogP) is 1.80. The van der Waals surface area contributed by atoms with Gasteiger partial charge < -0.3 is 10.6 Å². The lowest BCUT2D eigenvalue weighted by Crippen LogP contribution is -2.54. The summed E-state index contributed by atoms with van der Waals surface area (Å²) < 4.78 is 0. The van der Waals surface area contributed by atoms with Gasteiger partial charge in [0, 0.05) is 30.0 Å². The molecule has 3 heterocycles. The van der Waals surface area contributed by atoms with Gasteiger partial charge in [0.15, 0.2) is 0 Å². The fourth-order valence-electron chi connectivity index (χ4n) is 4.10. The molecule has 0 radical (unpaired) electrons. The number of hydrogen-bond donors (Lipinski definition) is 3. The number of benzene rings is 2. The quantitative estimate of drug-likeness (QED) is 0.690. The maximum absolute atomic E-state index is 12.9. The van der Waals surface area contributed by atoms with Crippen molar-refractivity contribution in [3.8, 4) is 0 Å². The summed E-state index contributed by atoms with van der Waals surface area (Å²) in [5.41, 5.74) is 4.46. The molecule has 0 aromatic heterocycles. The number of carbonyl (C=O) groups excluding carboxylic acids is 4. The normalized spacial score (nSPS) is 20.3. The zero-order valence-corrected chi connectivity index (χ0v) is 15.5. The molecule has 1 unspecified atom stereocenters. The topological polar surface area (TPSA) is 108 Å². The molecule has 4 amide bonds. The van der Waals surface area contributed by atoms with Crippen LogP contribution in [0.25, 0.3) is 0 Å². The molecule has 5 rings (SSSR count). The summed E-state index contributed by atoms with van der Waals surface area (Å²) in [6.45, 7) is 0.921. The van der Waals surface area contributed by atoms with Crippen molar-refractivity contribution >= 4 is 40.7 Å². The minimum Gasteiger partial charge on any atom is -0.384 e. The van der Waals surface area contributed by atoms with Crippen LogP contribution in [0.3, 0.4) is 0 Å². The molecule has 1 saturated heterocycles. The number of nitrogens with one attached hydrogen (secondary N) is 3. The molecule has 3 aliphatic rings. The maximum Gasteiger partial charge on any atom is 0.262 e. The second-order valence-electron chi connectivity index (χ2n) is 7.38. The first-order chi connectivity index (χ1) is 14.0. The summed E-state index contributed by atoms with van der Waals surface area (Å²) in [5, 5.41) is 8.78. The van der Waals surface area contributed by atoms with Gasteiger partial charge in [0.2, 0.25) is 11.8 Å². The summed E-state index contributed by atoms with van der Waals surface area (Å²) >= 11 is 0. The number of anilines is 3. The standard InChI is InChI=1S/C21H18N4O4/c26-18-6-5-17(19(27)24-18)25-20(28)14-3-1-13(10-15(14)21(25)29)23-12-2-4-16-11(9-12)7-8-22-16/h1-4,9-10,17,22-23H,5-8H2,(H,24,26,27). The number of carbonyl (C=O) groups is 4. The van der Waals surface area contributed by atoms with Gasteiger partial charge in [-0.1, -0.05) is 0 Å². The highest BCUT2D eigenvalue weighted by atomic mass is 16.2. The average Bonchev–Trinajstić information content (AvgIpc) is 3.25. The van der Waals surface area contributed by atoms with E-state index < -0.39 is 23.8 Å². The Balaban J connectivity index is 1.41. The predicted molar refractivity (Wildman–Crippen MR) is 105 cm³/mol. The van der Waals surface area contributed by atoms with Crippen molar-refractivity contribution in [1.82, 2.24) is 10.2 Å². The molecule has 0 bridgehead atoms. The zero-order valence-electron chi connectivity index (χ0n) is 15.5. The molecule has 8 heteroatoms. The van der Waals surface area contributed by atoms with E-state index in [0.717, 1.165) is 29.2 Å². The van der Waals surface area contributed by atoms with Gasteiger partial charge in [-0.25, -0.2) is 0 Å². The van der Waals surface area contributed by atoms with Crippen LogP contribution in [0.2, 0.25) is 0 Å². The third-order valence-electron chi connectivity index (χ3n) is 5.54. The van der Waals surface area contributed by atoms with Gasteiger partial charge in [-0.05, 0) is 54.8 Å². The average molecular weight is 390 g/mol. The number of amides is 4. The Bertz CT molecular complexity index is 1090. The van der Waals surface area contributed by atoms with E-state index in [1.165, 1.54) is 5.56 Å². The molecule has 2 aromatic rings. The van der Waals surface area contributed by atoms with Crippen molar-refractivity contribution in [1.29, 1.82) is 0 Å². The van der Waals surface area contributed by atoms with E-state index in [0.29, 0.717) is 5.69 Å². The first-order valence-electron chi connectivity index (χ1n) is 9.51. The van der Waals surface area contributed by atoms with Gasteiger partial charge in [0.05, 0.1) is 11.1 Å². The van der Waals surface area contributed by atoms with E-state index in [1.807, 2.05) is 12.1 Å². The monoisotopic (exact) mass is 390 g/mol. The van der Waals surface area contributed by atoms with Crippen LogP contribution in [-0.2, 0) is 16.0 Å². The Hall–Kier alpha value is -3.68. The molecule has 29 heavy (non-hydrogen) atoms. The van der Waals surface area contributed by atoms with E-state index in [1.54, 1.807) is 18.2 Å². The van der Waals surface area contributed by atoms with Crippen molar-refractivity contribution in [3.63, 3.8) is 0 Å². The van der Waals surface area contributed by atoms with Gasteiger partial charge in [0.1, 0.15) is 6.04 Å². The third-order valence-corrected chi connectivity index (χ3v) is 5.54. The molecule has 3 aliphatic heterocycles. The van der Waals surface area contributed by atoms with Crippen LogP contribution in [0.4, 0.5) is 17.1 Å². The molecule has 8 nitrogen and oxygen atoms in total. The van der Waals surface area contributed by atoms with Crippen LogP contribution in [0, 0.1) is 0 Å². The van der Waals surface area contributed by atoms with Gasteiger partial charge in [-0.15, -0.1) is 0 Å². The van der Waals surface area contributed by atoms with Crippen LogP contribution in [-0.4, -0.2) is 41.1 Å². The van der Waals surface area contributed by atoms with E-state index >= 15 is 0 Å². The largest absolute Gasteiger partial charge is 0.384 e. The molecule has 0 aliphatic carbocycles. The lowest BCUT2D eigenvalue weighted by molar-refractivity contribution is -0.136. The third kappa shape index (κ3) is 2.84. The lowest BCUT2D eigenvalue weighted by Gasteiger charge is -2.27. The first kappa shape index (κ1) is 17.4. The highest BCUT2D eigenvalue weighted by Crippen LogP contribution is 2.31. The van der Waals surface area contributed by atoms with Crippen molar-refractivity contribution in [3.05, 3.63) is 53.1 Å². The van der Waals surface area contributed by atoms with E-state index in [4.69, 9.17) is 0 Å². The molecular formula is C21H18N4O4. The zero-order chi connectivity index (χ0) is 20.1. The molecule has 0 saturated carbocycles. The molecule has 3 N–H and O–H groups in total. The first-order valence-corrected chi connectivity index (χ1v) is 9.51. The molecular weight excluding hydrogens is 372 g/mol. The van der Waals surface area contributed by atoms with E-state index in [2.05, 4.69) is 22.0 Å². The fourth-order valence-corrected chi connectivity index (χ4v) is 4.10.